The Hall–Kier alpha value is -1.31. The highest BCUT2D eigenvalue weighted by atomic mass is 16.5. The standard InChI is InChI=1S/C19H24O2/c1-19-10-9-15-14-6-4-13(21-2)11-12(14)3-5-16(15)17(19)7-8-18(19)20/h4,6,11,15-17H,3,5,7-10H2,1-2H3/t15-,16-,17-,19+/m1/s1. The number of ketones is 1. The third-order valence-corrected chi connectivity index (χ3v) is 6.64. The number of Topliss-reactive ketones (excluding diaryl/α,β-unsaturated/α-hetero) is 1. The molecule has 0 N–H and O–H groups in total. The maximum Gasteiger partial charge on any atom is 0.139 e. The van der Waals surface area contributed by atoms with Gasteiger partial charge in [0.2, 0.25) is 0 Å². The summed E-state index contributed by atoms with van der Waals surface area (Å²) < 4.78 is 5.37. The molecular weight excluding hydrogens is 260 g/mol. The zero-order valence-corrected chi connectivity index (χ0v) is 13.0. The van der Waals surface area contributed by atoms with Gasteiger partial charge in [-0.05, 0) is 73.1 Å². The molecular formula is C19H24O2. The quantitative estimate of drug-likeness (QED) is 0.775. The molecule has 0 unspecified atom stereocenters. The van der Waals surface area contributed by atoms with Gasteiger partial charge in [-0.25, -0.2) is 0 Å². The first kappa shape index (κ1) is 13.4. The smallest absolute Gasteiger partial charge is 0.139 e. The van der Waals surface area contributed by atoms with E-state index in [-0.39, 0.29) is 5.41 Å². The molecule has 21 heavy (non-hydrogen) atoms. The lowest BCUT2D eigenvalue weighted by Crippen LogP contribution is -2.42. The largest absolute Gasteiger partial charge is 0.497 e. The lowest BCUT2D eigenvalue weighted by molar-refractivity contribution is -0.129. The summed E-state index contributed by atoms with van der Waals surface area (Å²) in [6.07, 6.45) is 6.61. The van der Waals surface area contributed by atoms with E-state index < -0.39 is 0 Å². The molecule has 3 aliphatic carbocycles. The summed E-state index contributed by atoms with van der Waals surface area (Å²) in [6.45, 7) is 2.24. The predicted octanol–water partition coefficient (Wildman–Crippen LogP) is 4.12. The Morgan fingerprint density at radius 1 is 1.19 bits per heavy atom. The SMILES string of the molecule is COc1ccc2c(c1)CC[C@@H]1[C@@H]2CC[C@]2(C)C(=O)CC[C@H]12. The third kappa shape index (κ3) is 1.81. The normalized spacial score (nSPS) is 37.6. The molecule has 0 aromatic heterocycles. The van der Waals surface area contributed by atoms with Gasteiger partial charge in [0.05, 0.1) is 7.11 Å². The molecule has 0 heterocycles. The van der Waals surface area contributed by atoms with Gasteiger partial charge in [-0.2, -0.15) is 0 Å². The van der Waals surface area contributed by atoms with Gasteiger partial charge in [0.1, 0.15) is 11.5 Å². The number of carbonyl (C=O) groups is 1. The second-order valence-electron chi connectivity index (χ2n) is 7.40. The molecule has 0 radical (unpaired) electrons. The summed E-state index contributed by atoms with van der Waals surface area (Å²) >= 11 is 0. The molecule has 1 aromatic rings. The monoisotopic (exact) mass is 284 g/mol. The maximum atomic E-state index is 12.3. The average Bonchev–Trinajstić information content (AvgIpc) is 2.82. The highest BCUT2D eigenvalue weighted by Crippen LogP contribution is 2.59. The van der Waals surface area contributed by atoms with E-state index in [0.717, 1.165) is 37.4 Å². The molecule has 2 saturated carbocycles. The molecule has 0 bridgehead atoms. The van der Waals surface area contributed by atoms with Gasteiger partial charge in [-0.1, -0.05) is 13.0 Å². The Balaban J connectivity index is 1.70. The fourth-order valence-corrected chi connectivity index (χ4v) is 5.46. The molecule has 4 atom stereocenters. The Morgan fingerprint density at radius 3 is 2.86 bits per heavy atom. The van der Waals surface area contributed by atoms with E-state index in [1.165, 1.54) is 24.0 Å². The molecule has 2 fully saturated rings. The first-order valence-corrected chi connectivity index (χ1v) is 8.33. The number of fused-ring (bicyclic) bond motifs is 5. The van der Waals surface area contributed by atoms with Crippen LogP contribution in [0.4, 0.5) is 0 Å². The highest BCUT2D eigenvalue weighted by Gasteiger charge is 2.54. The van der Waals surface area contributed by atoms with Crippen molar-refractivity contribution in [2.24, 2.45) is 17.3 Å². The summed E-state index contributed by atoms with van der Waals surface area (Å²) in [4.78, 5) is 12.3. The topological polar surface area (TPSA) is 26.3 Å². The number of benzene rings is 1. The third-order valence-electron chi connectivity index (χ3n) is 6.64. The predicted molar refractivity (Wildman–Crippen MR) is 82.6 cm³/mol. The minimum atomic E-state index is -0.00879. The van der Waals surface area contributed by atoms with Gasteiger partial charge in [0, 0.05) is 11.8 Å². The van der Waals surface area contributed by atoms with Crippen molar-refractivity contribution < 1.29 is 9.53 Å². The van der Waals surface area contributed by atoms with Gasteiger partial charge in [-0.15, -0.1) is 0 Å². The molecule has 112 valence electrons. The van der Waals surface area contributed by atoms with Crippen molar-refractivity contribution in [2.45, 2.75) is 51.4 Å². The van der Waals surface area contributed by atoms with Gasteiger partial charge in [-0.3, -0.25) is 4.79 Å². The molecule has 3 aliphatic rings. The van der Waals surface area contributed by atoms with Crippen molar-refractivity contribution >= 4 is 5.78 Å². The fraction of sp³-hybridized carbons (Fsp3) is 0.632. The second-order valence-corrected chi connectivity index (χ2v) is 7.40. The molecule has 1 aromatic carbocycles. The van der Waals surface area contributed by atoms with Crippen LogP contribution >= 0.6 is 0 Å². The van der Waals surface area contributed by atoms with Crippen molar-refractivity contribution in [3.63, 3.8) is 0 Å². The van der Waals surface area contributed by atoms with Crippen LogP contribution in [0.15, 0.2) is 18.2 Å². The molecule has 0 saturated heterocycles. The van der Waals surface area contributed by atoms with Crippen molar-refractivity contribution in [3.05, 3.63) is 29.3 Å². The minimum Gasteiger partial charge on any atom is -0.497 e. The van der Waals surface area contributed by atoms with Gasteiger partial charge < -0.3 is 4.74 Å². The number of hydrogen-bond acceptors (Lipinski definition) is 2. The van der Waals surface area contributed by atoms with Crippen LogP contribution in [-0.4, -0.2) is 12.9 Å². The van der Waals surface area contributed by atoms with E-state index in [1.54, 1.807) is 7.11 Å². The summed E-state index contributed by atoms with van der Waals surface area (Å²) in [6, 6.07) is 6.61. The van der Waals surface area contributed by atoms with Gasteiger partial charge in [0.15, 0.2) is 0 Å². The second kappa shape index (κ2) is 4.59. The zero-order valence-electron chi connectivity index (χ0n) is 13.0. The first-order chi connectivity index (χ1) is 10.1. The first-order valence-electron chi connectivity index (χ1n) is 8.33. The fourth-order valence-electron chi connectivity index (χ4n) is 5.46. The van der Waals surface area contributed by atoms with Crippen LogP contribution in [0.5, 0.6) is 5.75 Å². The summed E-state index contributed by atoms with van der Waals surface area (Å²) in [7, 11) is 1.74. The summed E-state index contributed by atoms with van der Waals surface area (Å²) in [5, 5.41) is 0. The lowest BCUT2D eigenvalue weighted by Gasteiger charge is -2.48. The van der Waals surface area contributed by atoms with Crippen LogP contribution in [-0.2, 0) is 11.2 Å². The van der Waals surface area contributed by atoms with Crippen LogP contribution in [0.3, 0.4) is 0 Å². The van der Waals surface area contributed by atoms with E-state index >= 15 is 0 Å². The van der Waals surface area contributed by atoms with Gasteiger partial charge >= 0.3 is 0 Å². The number of methoxy groups -OCH3 is 1. The zero-order chi connectivity index (χ0) is 14.6. The van der Waals surface area contributed by atoms with Crippen LogP contribution in [0.2, 0.25) is 0 Å². The molecule has 4 rings (SSSR count). The van der Waals surface area contributed by atoms with Crippen molar-refractivity contribution in [2.75, 3.05) is 7.11 Å². The van der Waals surface area contributed by atoms with Crippen molar-refractivity contribution in [3.8, 4) is 5.75 Å². The van der Waals surface area contributed by atoms with Crippen LogP contribution in [0, 0.1) is 17.3 Å². The number of rotatable bonds is 1. The molecule has 2 nitrogen and oxygen atoms in total. The van der Waals surface area contributed by atoms with Crippen LogP contribution in [0.25, 0.3) is 0 Å². The lowest BCUT2D eigenvalue weighted by atomic mass is 9.55. The Labute approximate surface area is 126 Å². The molecule has 2 heteroatoms. The van der Waals surface area contributed by atoms with E-state index in [2.05, 4.69) is 25.1 Å². The number of ether oxygens (including phenoxy) is 1. The molecule has 0 amide bonds. The van der Waals surface area contributed by atoms with Gasteiger partial charge in [0.25, 0.3) is 0 Å². The Bertz CT molecular complexity index is 591. The Kier molecular flexibility index (Phi) is 2.92. The van der Waals surface area contributed by atoms with Crippen LogP contribution < -0.4 is 4.74 Å². The Morgan fingerprint density at radius 2 is 2.05 bits per heavy atom. The van der Waals surface area contributed by atoms with E-state index in [1.807, 2.05) is 0 Å². The maximum absolute atomic E-state index is 12.3. The minimum absolute atomic E-state index is 0.00879. The average molecular weight is 284 g/mol. The molecule has 0 spiro atoms. The number of hydrogen-bond donors (Lipinski definition) is 0. The van der Waals surface area contributed by atoms with Crippen molar-refractivity contribution in [1.29, 1.82) is 0 Å². The summed E-state index contributed by atoms with van der Waals surface area (Å²) in [5.41, 5.74) is 3.00. The summed E-state index contributed by atoms with van der Waals surface area (Å²) in [5.74, 6) is 3.52. The van der Waals surface area contributed by atoms with E-state index in [4.69, 9.17) is 4.74 Å². The highest BCUT2D eigenvalue weighted by molar-refractivity contribution is 5.87. The molecule has 0 aliphatic heterocycles. The number of aryl methyl sites for hydroxylation is 1. The van der Waals surface area contributed by atoms with Crippen molar-refractivity contribution in [1.82, 2.24) is 0 Å². The van der Waals surface area contributed by atoms with E-state index in [9.17, 15) is 4.79 Å². The number of carbonyl (C=O) groups excluding carboxylic acids is 1. The van der Waals surface area contributed by atoms with E-state index in [0.29, 0.717) is 17.6 Å². The van der Waals surface area contributed by atoms with Crippen LogP contribution in [0.1, 0.15) is 56.1 Å².